The predicted octanol–water partition coefficient (Wildman–Crippen LogP) is 8.92. The van der Waals surface area contributed by atoms with Crippen molar-refractivity contribution < 1.29 is 33.4 Å². The van der Waals surface area contributed by atoms with E-state index in [-0.39, 0.29) is 48.4 Å². The number of hydrogen-bond acceptors (Lipinski definition) is 12. The van der Waals surface area contributed by atoms with Crippen molar-refractivity contribution in [1.82, 2.24) is 40.0 Å². The maximum absolute atomic E-state index is 15.3. The monoisotopic (exact) mass is 1080 g/mol. The minimum absolute atomic E-state index is 0.121. The van der Waals surface area contributed by atoms with E-state index in [9.17, 15) is 9.59 Å². The molecule has 6 bridgehead atoms. The molecule has 7 heterocycles. The highest BCUT2D eigenvalue weighted by Crippen LogP contribution is 2.45. The lowest BCUT2D eigenvalue weighted by Gasteiger charge is -2.37. The number of cyclic esters (lactones) is 1. The van der Waals surface area contributed by atoms with Gasteiger partial charge in [0.1, 0.15) is 17.7 Å². The summed E-state index contributed by atoms with van der Waals surface area (Å²) in [4.78, 5) is 72.5. The van der Waals surface area contributed by atoms with E-state index >= 15 is 9.59 Å². The fourth-order valence-electron chi connectivity index (χ4n) is 14.1. The maximum atomic E-state index is 15.3. The van der Waals surface area contributed by atoms with Crippen molar-refractivity contribution >= 4 is 40.5 Å². The fourth-order valence-corrected chi connectivity index (χ4v) is 14.1. The first kappa shape index (κ1) is 55.4. The molecule has 6 fully saturated rings. The fraction of sp³-hybridized carbons (Fsp3) is 0.635. The quantitative estimate of drug-likeness (QED) is 0.146. The van der Waals surface area contributed by atoms with Crippen molar-refractivity contribution in [1.29, 1.82) is 0 Å². The number of nitrogens with zero attached hydrogens (tertiary/aromatic N) is 7. The van der Waals surface area contributed by atoms with Crippen LogP contribution in [0.1, 0.15) is 136 Å². The zero-order valence-corrected chi connectivity index (χ0v) is 48.4. The number of ether oxygens (including phenoxy) is 3. The second kappa shape index (κ2) is 22.4. The van der Waals surface area contributed by atoms with E-state index in [1.165, 1.54) is 18.4 Å². The van der Waals surface area contributed by atoms with E-state index in [1.54, 1.807) is 12.1 Å². The Morgan fingerprint density at radius 3 is 2.39 bits per heavy atom. The standard InChI is InChI=1S/C63H87N9O7/c1-9-71-53-22-19-45-34-48(53)50(56(71)49-35-47(37-64-54(49)41(2)77-8)68-30-28-67(29-31-68)46-20-21-46)36-62(6,7)40-78-59(75)51-18-13-25-72(66-51)58(74)52(33-42-14-12-17-44(45)32-42)65-57(73)55(43-15-10-11-16-43)69-26-23-63(38-69)24-27-70(39-63)60(76)79-61(3,4)5/h12,14,17,19,22,32,34-35,37,41,43,46,51-52,55,66H,9-11,13,15-16,18,20-21,23-31,33,36,38-40H2,1-8H3,(H,65,73)/t41-,51-,52-,55-,63-/m0/s1. The van der Waals surface area contributed by atoms with Gasteiger partial charge >= 0.3 is 12.1 Å². The molecule has 2 saturated carbocycles. The van der Waals surface area contributed by atoms with E-state index in [1.807, 2.05) is 31.9 Å². The number of amides is 3. The lowest BCUT2D eigenvalue weighted by molar-refractivity contribution is -0.155. The maximum Gasteiger partial charge on any atom is 0.410 e. The Bertz CT molecular complexity index is 2910. The van der Waals surface area contributed by atoms with E-state index in [0.29, 0.717) is 45.4 Å². The summed E-state index contributed by atoms with van der Waals surface area (Å²) in [6, 6.07) is 16.2. The molecular formula is C63H87N9O7. The highest BCUT2D eigenvalue weighted by Gasteiger charge is 2.50. The van der Waals surface area contributed by atoms with Crippen LogP contribution in [-0.2, 0) is 48.0 Å². The minimum Gasteiger partial charge on any atom is -0.464 e. The number of hydrogen-bond donors (Lipinski definition) is 2. The first-order valence-corrected chi connectivity index (χ1v) is 29.9. The van der Waals surface area contributed by atoms with Crippen LogP contribution in [0.15, 0.2) is 54.7 Å². The summed E-state index contributed by atoms with van der Waals surface area (Å²) in [6.07, 6.45) is 11.9. The molecule has 4 saturated heterocycles. The number of piperazine rings is 1. The largest absolute Gasteiger partial charge is 0.464 e. The zero-order valence-electron chi connectivity index (χ0n) is 48.4. The molecule has 79 heavy (non-hydrogen) atoms. The Labute approximate surface area is 468 Å². The zero-order chi connectivity index (χ0) is 55.4. The smallest absolute Gasteiger partial charge is 0.410 e. The number of esters is 1. The number of anilines is 1. The molecule has 3 amide bonds. The van der Waals surface area contributed by atoms with Gasteiger partial charge in [0, 0.05) is 106 Å². The first-order valence-electron chi connectivity index (χ1n) is 29.9. The number of carbonyl (C=O) groups is 4. The molecule has 11 rings (SSSR count). The molecule has 0 radical (unpaired) electrons. The van der Waals surface area contributed by atoms with Gasteiger partial charge in [-0.05, 0) is 145 Å². The summed E-state index contributed by atoms with van der Waals surface area (Å²) in [5, 5.41) is 6.06. The first-order chi connectivity index (χ1) is 37.9. The third kappa shape index (κ3) is 11.8. The van der Waals surface area contributed by atoms with Crippen molar-refractivity contribution in [2.24, 2.45) is 16.7 Å². The Balaban J connectivity index is 0.944. The Hall–Kier alpha value is -5.55. The molecule has 2 aliphatic carbocycles. The minimum atomic E-state index is -0.914. The average Bonchev–Trinajstić information content (AvgIpc) is 3.91. The number of carbonyl (C=O) groups excluding carboxylic acids is 4. The van der Waals surface area contributed by atoms with Crippen LogP contribution in [0.2, 0.25) is 0 Å². The van der Waals surface area contributed by atoms with E-state index in [2.05, 4.69) is 106 Å². The lowest BCUT2D eigenvalue weighted by atomic mass is 9.84. The average molecular weight is 1080 g/mol. The third-order valence-corrected chi connectivity index (χ3v) is 18.5. The van der Waals surface area contributed by atoms with Crippen LogP contribution >= 0.6 is 0 Å². The highest BCUT2D eigenvalue weighted by molar-refractivity contribution is 5.96. The van der Waals surface area contributed by atoms with E-state index in [4.69, 9.17) is 19.2 Å². The molecule has 4 aromatic rings. The highest BCUT2D eigenvalue weighted by atomic mass is 16.6. The Kier molecular flexibility index (Phi) is 15.7. The van der Waals surface area contributed by atoms with Crippen molar-refractivity contribution in [3.8, 4) is 22.4 Å². The van der Waals surface area contributed by atoms with Crippen molar-refractivity contribution in [2.75, 3.05) is 77.5 Å². The molecule has 7 aliphatic rings. The summed E-state index contributed by atoms with van der Waals surface area (Å²) in [6.45, 7) is 22.3. The second-order valence-corrected chi connectivity index (χ2v) is 26.2. The number of hydrazine groups is 1. The van der Waals surface area contributed by atoms with E-state index in [0.717, 1.165) is 134 Å². The number of pyridine rings is 1. The van der Waals surface area contributed by atoms with Gasteiger partial charge in [0.2, 0.25) is 5.91 Å². The number of fused-ring (bicyclic) bond motifs is 6. The van der Waals surface area contributed by atoms with Gasteiger partial charge in [0.25, 0.3) is 5.91 Å². The van der Waals surface area contributed by atoms with Crippen LogP contribution < -0.4 is 15.6 Å². The van der Waals surface area contributed by atoms with Gasteiger partial charge in [-0.1, -0.05) is 57.0 Å². The van der Waals surface area contributed by atoms with Gasteiger partial charge < -0.3 is 33.9 Å². The number of benzene rings is 2. The van der Waals surface area contributed by atoms with Crippen molar-refractivity contribution in [2.45, 2.75) is 168 Å². The molecule has 426 valence electrons. The predicted molar refractivity (Wildman–Crippen MR) is 307 cm³/mol. The molecule has 2 aromatic carbocycles. The SMILES string of the molecule is CCn1c(-c2cc(N3CCN(C4CC4)CC3)cnc2[C@H](C)OC)c2c3cc(ccc31)-c1cccc(c1)C[C@H](NC(=O)[C@H](C1CCCC1)N1CC[C@]3(CCN(C(=O)OC(C)(C)C)C3)C1)C(=O)N1CCC[C@H](N1)C(=O)OCC(C)(C)C2. The van der Waals surface area contributed by atoms with Crippen molar-refractivity contribution in [3.05, 3.63) is 71.5 Å². The number of aromatic nitrogens is 2. The second-order valence-electron chi connectivity index (χ2n) is 26.2. The number of likely N-dealkylation sites (tertiary alicyclic amines) is 2. The summed E-state index contributed by atoms with van der Waals surface area (Å²) < 4.78 is 20.6. The molecule has 5 aliphatic heterocycles. The van der Waals surface area contributed by atoms with Crippen LogP contribution in [0.5, 0.6) is 0 Å². The van der Waals surface area contributed by atoms with Crippen LogP contribution in [0, 0.1) is 16.7 Å². The summed E-state index contributed by atoms with van der Waals surface area (Å²) in [5.74, 6) is -0.648. The van der Waals surface area contributed by atoms with E-state index < -0.39 is 35.1 Å². The van der Waals surface area contributed by atoms with Crippen LogP contribution in [-0.4, -0.2) is 156 Å². The molecule has 1 spiro atoms. The molecule has 5 atom stereocenters. The summed E-state index contributed by atoms with van der Waals surface area (Å²) >= 11 is 0. The molecule has 2 aromatic heterocycles. The number of rotatable bonds is 10. The number of nitrogens with one attached hydrogen (secondary N) is 2. The molecule has 16 nitrogen and oxygen atoms in total. The Morgan fingerprint density at radius 2 is 1.66 bits per heavy atom. The summed E-state index contributed by atoms with van der Waals surface area (Å²) in [7, 11) is 1.75. The molecule has 2 N–H and O–H groups in total. The van der Waals surface area contributed by atoms with Crippen LogP contribution in [0.25, 0.3) is 33.3 Å². The number of methoxy groups -OCH3 is 1. The third-order valence-electron chi connectivity index (χ3n) is 18.5. The van der Waals surface area contributed by atoms with Gasteiger partial charge in [-0.3, -0.25) is 34.2 Å². The number of aryl methyl sites for hydroxylation is 1. The van der Waals surface area contributed by atoms with Gasteiger partial charge in [-0.25, -0.2) is 10.2 Å². The Morgan fingerprint density at radius 1 is 0.899 bits per heavy atom. The molecular weight excluding hydrogens is 995 g/mol. The molecule has 0 unspecified atom stereocenters. The molecule has 16 heteroatoms. The van der Waals surface area contributed by atoms with Gasteiger partial charge in [-0.15, -0.1) is 0 Å². The topological polar surface area (TPSA) is 154 Å². The van der Waals surface area contributed by atoms with Crippen molar-refractivity contribution in [3.63, 3.8) is 0 Å². The summed E-state index contributed by atoms with van der Waals surface area (Å²) in [5.41, 5.74) is 11.5. The van der Waals surface area contributed by atoms with Gasteiger partial charge in [-0.2, -0.15) is 0 Å². The van der Waals surface area contributed by atoms with Gasteiger partial charge in [0.15, 0.2) is 0 Å². The normalized spacial score (nSPS) is 25.4. The van der Waals surface area contributed by atoms with Gasteiger partial charge in [0.05, 0.1) is 42.0 Å². The van der Waals surface area contributed by atoms with Crippen LogP contribution in [0.4, 0.5) is 10.5 Å². The lowest BCUT2D eigenvalue weighted by Crippen LogP contribution is -2.62. The van der Waals surface area contributed by atoms with Crippen LogP contribution in [0.3, 0.4) is 0 Å².